The monoisotopic (exact) mass is 402 g/mol. The van der Waals surface area contributed by atoms with Crippen LogP contribution in [0.4, 0.5) is 0 Å². The SMILES string of the molecule is C[C@H]1CN(C2CCOCC2)CCN1C(=O)C1(OCc2ccccc2)CCOCC1. The summed E-state index contributed by atoms with van der Waals surface area (Å²) >= 11 is 0. The van der Waals surface area contributed by atoms with Gasteiger partial charge >= 0.3 is 0 Å². The van der Waals surface area contributed by atoms with Gasteiger partial charge in [-0.2, -0.15) is 0 Å². The van der Waals surface area contributed by atoms with Gasteiger partial charge in [0.25, 0.3) is 5.91 Å². The second kappa shape index (κ2) is 9.56. The Bertz CT molecular complexity index is 656. The third-order valence-electron chi connectivity index (χ3n) is 6.68. The van der Waals surface area contributed by atoms with Crippen LogP contribution >= 0.6 is 0 Å². The molecule has 3 saturated heterocycles. The second-order valence-electron chi connectivity index (χ2n) is 8.57. The van der Waals surface area contributed by atoms with Crippen LogP contribution in [0.1, 0.15) is 38.2 Å². The molecule has 3 aliphatic rings. The van der Waals surface area contributed by atoms with E-state index in [0.717, 1.165) is 51.3 Å². The summed E-state index contributed by atoms with van der Waals surface area (Å²) in [5.41, 5.74) is 0.340. The first-order valence-corrected chi connectivity index (χ1v) is 11.1. The molecule has 3 heterocycles. The van der Waals surface area contributed by atoms with Crippen molar-refractivity contribution in [2.45, 2.75) is 56.9 Å². The van der Waals surface area contributed by atoms with Gasteiger partial charge in [0.15, 0.2) is 5.60 Å². The van der Waals surface area contributed by atoms with Crippen LogP contribution in [0.2, 0.25) is 0 Å². The van der Waals surface area contributed by atoms with Crippen LogP contribution in [0.3, 0.4) is 0 Å². The van der Waals surface area contributed by atoms with Crippen molar-refractivity contribution in [1.82, 2.24) is 9.80 Å². The molecule has 0 aliphatic carbocycles. The fourth-order valence-electron chi connectivity index (χ4n) is 4.85. The molecule has 29 heavy (non-hydrogen) atoms. The van der Waals surface area contributed by atoms with Gasteiger partial charge in [0.05, 0.1) is 6.61 Å². The first-order valence-electron chi connectivity index (χ1n) is 11.1. The third-order valence-corrected chi connectivity index (χ3v) is 6.68. The van der Waals surface area contributed by atoms with E-state index in [0.29, 0.717) is 38.7 Å². The van der Waals surface area contributed by atoms with E-state index >= 15 is 0 Å². The maximum atomic E-state index is 13.7. The van der Waals surface area contributed by atoms with Crippen molar-refractivity contribution in [3.8, 4) is 0 Å². The molecule has 0 bridgehead atoms. The van der Waals surface area contributed by atoms with Gasteiger partial charge in [0, 0.05) is 71.0 Å². The standard InChI is InChI=1S/C23H34N2O4/c1-19-17-24(21-7-13-27-14-8-21)11-12-25(19)22(26)23(9-15-28-16-10-23)29-18-20-5-3-2-4-6-20/h2-6,19,21H,7-18H2,1H3/t19-/m0/s1. The van der Waals surface area contributed by atoms with E-state index in [4.69, 9.17) is 14.2 Å². The number of ether oxygens (including phenoxy) is 3. The molecule has 6 heteroatoms. The molecule has 1 amide bonds. The third kappa shape index (κ3) is 4.82. The van der Waals surface area contributed by atoms with Crippen LogP contribution in [0.5, 0.6) is 0 Å². The number of nitrogens with zero attached hydrogens (tertiary/aromatic N) is 2. The summed E-state index contributed by atoms with van der Waals surface area (Å²) in [4.78, 5) is 18.3. The number of hydrogen-bond acceptors (Lipinski definition) is 5. The lowest BCUT2D eigenvalue weighted by atomic mass is 9.90. The van der Waals surface area contributed by atoms with Crippen LogP contribution in [0.15, 0.2) is 30.3 Å². The lowest BCUT2D eigenvalue weighted by Gasteiger charge is -2.47. The van der Waals surface area contributed by atoms with E-state index in [9.17, 15) is 4.79 Å². The molecule has 1 atom stereocenters. The lowest BCUT2D eigenvalue weighted by Crippen LogP contribution is -2.62. The fourth-order valence-corrected chi connectivity index (χ4v) is 4.85. The first kappa shape index (κ1) is 20.8. The Hall–Kier alpha value is -1.47. The van der Waals surface area contributed by atoms with E-state index in [1.165, 1.54) is 0 Å². The zero-order valence-electron chi connectivity index (χ0n) is 17.6. The summed E-state index contributed by atoms with van der Waals surface area (Å²) in [5, 5.41) is 0. The van der Waals surface area contributed by atoms with E-state index in [-0.39, 0.29) is 11.9 Å². The summed E-state index contributed by atoms with van der Waals surface area (Å²) in [5.74, 6) is 0.149. The highest BCUT2D eigenvalue weighted by molar-refractivity contribution is 5.86. The molecule has 0 saturated carbocycles. The molecular weight excluding hydrogens is 368 g/mol. The minimum atomic E-state index is -0.761. The Kier molecular flexibility index (Phi) is 6.85. The summed E-state index contributed by atoms with van der Waals surface area (Å²) in [6, 6.07) is 10.9. The largest absolute Gasteiger partial charge is 0.381 e. The highest BCUT2D eigenvalue weighted by Gasteiger charge is 2.46. The van der Waals surface area contributed by atoms with Crippen molar-refractivity contribution < 1.29 is 19.0 Å². The summed E-state index contributed by atoms with van der Waals surface area (Å²) in [7, 11) is 0. The zero-order chi connectivity index (χ0) is 20.1. The van der Waals surface area contributed by atoms with Gasteiger partial charge in [0.1, 0.15) is 0 Å². The van der Waals surface area contributed by atoms with Crippen LogP contribution in [0, 0.1) is 0 Å². The van der Waals surface area contributed by atoms with Crippen LogP contribution in [-0.2, 0) is 25.6 Å². The van der Waals surface area contributed by atoms with Gasteiger partial charge in [-0.15, -0.1) is 0 Å². The van der Waals surface area contributed by atoms with Gasteiger partial charge in [-0.25, -0.2) is 0 Å². The lowest BCUT2D eigenvalue weighted by molar-refractivity contribution is -0.179. The van der Waals surface area contributed by atoms with Crippen molar-refractivity contribution >= 4 is 5.91 Å². The molecule has 0 spiro atoms. The molecule has 1 aromatic carbocycles. The summed E-state index contributed by atoms with van der Waals surface area (Å²) in [6.07, 6.45) is 3.46. The number of benzene rings is 1. The first-order chi connectivity index (χ1) is 14.2. The molecule has 0 unspecified atom stereocenters. The normalized spacial score (nSPS) is 26.4. The maximum absolute atomic E-state index is 13.7. The maximum Gasteiger partial charge on any atom is 0.255 e. The number of hydrogen-bond donors (Lipinski definition) is 0. The van der Waals surface area contributed by atoms with E-state index in [1.807, 2.05) is 30.3 Å². The molecule has 0 N–H and O–H groups in total. The predicted molar refractivity (Wildman–Crippen MR) is 111 cm³/mol. The average molecular weight is 403 g/mol. The van der Waals surface area contributed by atoms with Gasteiger partial charge in [0.2, 0.25) is 0 Å². The quantitative estimate of drug-likeness (QED) is 0.757. The number of rotatable bonds is 5. The molecule has 0 aromatic heterocycles. The van der Waals surface area contributed by atoms with Gasteiger partial charge < -0.3 is 19.1 Å². The average Bonchev–Trinajstić information content (AvgIpc) is 2.79. The number of piperazine rings is 1. The second-order valence-corrected chi connectivity index (χ2v) is 8.57. The Labute approximate surface area is 174 Å². The summed E-state index contributed by atoms with van der Waals surface area (Å²) < 4.78 is 17.4. The summed E-state index contributed by atoms with van der Waals surface area (Å²) in [6.45, 7) is 8.15. The smallest absolute Gasteiger partial charge is 0.255 e. The number of carbonyl (C=O) groups excluding carboxylic acids is 1. The minimum Gasteiger partial charge on any atom is -0.381 e. The molecular formula is C23H34N2O4. The van der Waals surface area contributed by atoms with E-state index in [2.05, 4.69) is 16.7 Å². The van der Waals surface area contributed by atoms with Gasteiger partial charge in [-0.05, 0) is 25.3 Å². The van der Waals surface area contributed by atoms with Crippen molar-refractivity contribution in [2.75, 3.05) is 46.1 Å². The van der Waals surface area contributed by atoms with Crippen LogP contribution in [0.25, 0.3) is 0 Å². The van der Waals surface area contributed by atoms with Crippen molar-refractivity contribution in [1.29, 1.82) is 0 Å². The molecule has 4 rings (SSSR count). The highest BCUT2D eigenvalue weighted by Crippen LogP contribution is 2.31. The molecule has 3 aliphatic heterocycles. The Balaban J connectivity index is 1.42. The Morgan fingerprint density at radius 3 is 2.45 bits per heavy atom. The molecule has 6 nitrogen and oxygen atoms in total. The molecule has 3 fully saturated rings. The van der Waals surface area contributed by atoms with Crippen molar-refractivity contribution in [3.05, 3.63) is 35.9 Å². The Morgan fingerprint density at radius 2 is 1.76 bits per heavy atom. The van der Waals surface area contributed by atoms with Gasteiger partial charge in [-0.3, -0.25) is 9.69 Å². The van der Waals surface area contributed by atoms with Crippen LogP contribution in [-0.4, -0.2) is 79.5 Å². The predicted octanol–water partition coefficient (Wildman–Crippen LogP) is 2.46. The molecule has 160 valence electrons. The number of amides is 1. The fraction of sp³-hybridized carbons (Fsp3) is 0.696. The molecule has 1 aromatic rings. The Morgan fingerprint density at radius 1 is 1.07 bits per heavy atom. The van der Waals surface area contributed by atoms with E-state index in [1.54, 1.807) is 0 Å². The highest BCUT2D eigenvalue weighted by atomic mass is 16.5. The van der Waals surface area contributed by atoms with Gasteiger partial charge in [-0.1, -0.05) is 30.3 Å². The minimum absolute atomic E-state index is 0.149. The topological polar surface area (TPSA) is 51.2 Å². The zero-order valence-corrected chi connectivity index (χ0v) is 17.6. The number of carbonyl (C=O) groups is 1. The van der Waals surface area contributed by atoms with Crippen LogP contribution < -0.4 is 0 Å². The van der Waals surface area contributed by atoms with Crippen molar-refractivity contribution in [3.63, 3.8) is 0 Å². The van der Waals surface area contributed by atoms with E-state index < -0.39 is 5.60 Å². The van der Waals surface area contributed by atoms with Crippen molar-refractivity contribution in [2.24, 2.45) is 0 Å². The molecule has 0 radical (unpaired) electrons.